The molecule has 0 saturated heterocycles. The molecule has 1 heterocycles. The highest BCUT2D eigenvalue weighted by atomic mass is 79.9. The fourth-order valence-corrected chi connectivity index (χ4v) is 3.70. The Morgan fingerprint density at radius 3 is 2.64 bits per heavy atom. The van der Waals surface area contributed by atoms with Gasteiger partial charge in [-0.1, -0.05) is 18.2 Å². The summed E-state index contributed by atoms with van der Waals surface area (Å²) in [6, 6.07) is 12.8. The van der Waals surface area contributed by atoms with Crippen molar-refractivity contribution in [1.82, 2.24) is 5.43 Å². The van der Waals surface area contributed by atoms with Gasteiger partial charge in [-0.05, 0) is 68.6 Å². The molecule has 0 spiro atoms. The monoisotopic (exact) mass is 464 g/mol. The molecule has 1 N–H and O–H groups in total. The molecule has 2 aromatic carbocycles. The van der Waals surface area contributed by atoms with Crippen molar-refractivity contribution in [1.29, 1.82) is 0 Å². The summed E-state index contributed by atoms with van der Waals surface area (Å²) in [7, 11) is 0. The second-order valence-electron chi connectivity index (χ2n) is 5.09. The summed E-state index contributed by atoms with van der Waals surface area (Å²) < 4.78 is 12.6. The van der Waals surface area contributed by atoms with Crippen LogP contribution in [0.3, 0.4) is 0 Å². The summed E-state index contributed by atoms with van der Waals surface area (Å²) in [6.45, 7) is 2.49. The van der Waals surface area contributed by atoms with E-state index in [1.165, 1.54) is 0 Å². The molecule has 0 bridgehead atoms. The van der Waals surface area contributed by atoms with Crippen molar-refractivity contribution in [3.63, 3.8) is 0 Å². The minimum Gasteiger partial charge on any atom is -0.492 e. The molecule has 0 saturated carbocycles. The van der Waals surface area contributed by atoms with Gasteiger partial charge >= 0.3 is 5.91 Å². The van der Waals surface area contributed by atoms with Crippen LogP contribution in [-0.2, 0) is 0 Å². The zero-order valence-electron chi connectivity index (χ0n) is 13.3. The third-order valence-corrected chi connectivity index (χ3v) is 4.52. The number of amides is 1. The first kappa shape index (κ1) is 17.7. The number of ether oxygens (including phenoxy) is 1. The van der Waals surface area contributed by atoms with Crippen LogP contribution in [0.4, 0.5) is 0 Å². The molecule has 5 nitrogen and oxygen atoms in total. The van der Waals surface area contributed by atoms with Gasteiger partial charge in [-0.2, -0.15) is 5.10 Å². The normalized spacial score (nSPS) is 11.2. The molecule has 128 valence electrons. The molecule has 0 aliphatic rings. The van der Waals surface area contributed by atoms with Gasteiger partial charge in [0.25, 0.3) is 0 Å². The first-order valence-corrected chi connectivity index (χ1v) is 9.11. The minimum absolute atomic E-state index is 0.215. The number of carbonyl (C=O) groups excluding carboxylic acids is 1. The molecular formula is C18H14Br2N2O3. The van der Waals surface area contributed by atoms with Crippen molar-refractivity contribution >= 4 is 55.0 Å². The number of carbonyl (C=O) groups is 1. The summed E-state index contributed by atoms with van der Waals surface area (Å²) in [6.07, 6.45) is 1.55. The lowest BCUT2D eigenvalue weighted by Gasteiger charge is -2.09. The fourth-order valence-electron chi connectivity index (χ4n) is 2.25. The molecule has 3 aromatic rings. The quantitative estimate of drug-likeness (QED) is 0.420. The molecule has 0 atom stereocenters. The topological polar surface area (TPSA) is 63.8 Å². The van der Waals surface area contributed by atoms with Crippen molar-refractivity contribution in [3.8, 4) is 5.75 Å². The Morgan fingerprint density at radius 1 is 1.24 bits per heavy atom. The maximum absolute atomic E-state index is 12.1. The van der Waals surface area contributed by atoms with Gasteiger partial charge in [-0.3, -0.25) is 4.79 Å². The zero-order chi connectivity index (χ0) is 17.8. The molecule has 0 aliphatic carbocycles. The van der Waals surface area contributed by atoms with Gasteiger partial charge in [0, 0.05) is 5.39 Å². The molecule has 25 heavy (non-hydrogen) atoms. The van der Waals surface area contributed by atoms with Gasteiger partial charge in [0.05, 0.1) is 21.8 Å². The zero-order valence-corrected chi connectivity index (χ0v) is 16.4. The molecule has 0 radical (unpaired) electrons. The number of para-hydroxylation sites is 1. The van der Waals surface area contributed by atoms with E-state index in [4.69, 9.17) is 9.15 Å². The number of hydrazone groups is 1. The molecular weight excluding hydrogens is 452 g/mol. The number of furan rings is 1. The van der Waals surface area contributed by atoms with E-state index in [-0.39, 0.29) is 5.76 Å². The summed E-state index contributed by atoms with van der Waals surface area (Å²) >= 11 is 6.91. The average Bonchev–Trinajstić information content (AvgIpc) is 3.02. The van der Waals surface area contributed by atoms with Gasteiger partial charge in [0.1, 0.15) is 11.3 Å². The summed E-state index contributed by atoms with van der Waals surface area (Å²) in [5.41, 5.74) is 3.92. The average molecular weight is 466 g/mol. The smallest absolute Gasteiger partial charge is 0.307 e. The lowest BCUT2D eigenvalue weighted by atomic mass is 10.2. The molecule has 0 aliphatic heterocycles. The molecule has 3 rings (SSSR count). The third-order valence-electron chi connectivity index (χ3n) is 3.34. The lowest BCUT2D eigenvalue weighted by Crippen LogP contribution is -2.16. The number of fused-ring (bicyclic) bond motifs is 1. The Labute approximate surface area is 161 Å². The van der Waals surface area contributed by atoms with Crippen molar-refractivity contribution < 1.29 is 13.9 Å². The van der Waals surface area contributed by atoms with Crippen LogP contribution < -0.4 is 10.2 Å². The number of hydrogen-bond acceptors (Lipinski definition) is 4. The predicted molar refractivity (Wildman–Crippen MR) is 104 cm³/mol. The van der Waals surface area contributed by atoms with Gasteiger partial charge in [0.15, 0.2) is 5.76 Å². The fraction of sp³-hybridized carbons (Fsp3) is 0.111. The minimum atomic E-state index is -0.406. The first-order valence-electron chi connectivity index (χ1n) is 7.52. The van der Waals surface area contributed by atoms with Gasteiger partial charge in [-0.15, -0.1) is 0 Å². The Morgan fingerprint density at radius 2 is 1.96 bits per heavy atom. The van der Waals surface area contributed by atoms with Crippen molar-refractivity contribution in [3.05, 3.63) is 62.7 Å². The number of halogens is 2. The SMILES string of the molecule is CCOc1c(Br)cc(/C=N/NC(=O)c2cc3ccccc3o2)cc1Br. The highest BCUT2D eigenvalue weighted by molar-refractivity contribution is 9.11. The summed E-state index contributed by atoms with van der Waals surface area (Å²) in [5, 5.41) is 4.85. The van der Waals surface area contributed by atoms with Crippen LogP contribution in [-0.4, -0.2) is 18.7 Å². The standard InChI is InChI=1S/C18H14Br2N2O3/c1-2-24-17-13(19)7-11(8-14(17)20)10-21-22-18(23)16-9-12-5-3-4-6-15(12)25-16/h3-10H,2H2,1H3,(H,22,23)/b21-10+. The maximum Gasteiger partial charge on any atom is 0.307 e. The molecule has 1 aromatic heterocycles. The number of hydrogen-bond donors (Lipinski definition) is 1. The van der Waals surface area contributed by atoms with Crippen molar-refractivity contribution in [2.24, 2.45) is 5.10 Å². The van der Waals surface area contributed by atoms with Gasteiger partial charge in [-0.25, -0.2) is 5.43 Å². The van der Waals surface area contributed by atoms with Crippen LogP contribution in [0.5, 0.6) is 5.75 Å². The summed E-state index contributed by atoms with van der Waals surface area (Å²) in [5.74, 6) is 0.537. The van der Waals surface area contributed by atoms with Crippen molar-refractivity contribution in [2.45, 2.75) is 6.92 Å². The van der Waals surface area contributed by atoms with E-state index >= 15 is 0 Å². The third kappa shape index (κ3) is 4.11. The van der Waals surface area contributed by atoms with Crippen LogP contribution in [0.1, 0.15) is 23.0 Å². The molecule has 1 amide bonds. The van der Waals surface area contributed by atoms with E-state index in [1.54, 1.807) is 12.3 Å². The molecule has 0 fully saturated rings. The van der Waals surface area contributed by atoms with Gasteiger partial charge < -0.3 is 9.15 Å². The van der Waals surface area contributed by atoms with Crippen molar-refractivity contribution in [2.75, 3.05) is 6.61 Å². The predicted octanol–water partition coefficient (Wildman–Crippen LogP) is 5.12. The second-order valence-corrected chi connectivity index (χ2v) is 6.80. The van der Waals surface area contributed by atoms with E-state index in [0.717, 1.165) is 25.6 Å². The lowest BCUT2D eigenvalue weighted by molar-refractivity contribution is 0.0929. The van der Waals surface area contributed by atoms with E-state index < -0.39 is 5.91 Å². The Balaban J connectivity index is 1.71. The van der Waals surface area contributed by atoms with Crippen LogP contribution >= 0.6 is 31.9 Å². The van der Waals surface area contributed by atoms with Crippen LogP contribution in [0.15, 0.2) is 60.9 Å². The Kier molecular flexibility index (Phi) is 5.55. The molecule has 7 heteroatoms. The number of nitrogens with zero attached hydrogens (tertiary/aromatic N) is 1. The van der Waals surface area contributed by atoms with Crippen LogP contribution in [0, 0.1) is 0 Å². The Hall–Kier alpha value is -2.12. The highest BCUT2D eigenvalue weighted by Gasteiger charge is 2.11. The number of rotatable bonds is 5. The van der Waals surface area contributed by atoms with Crippen LogP contribution in [0.25, 0.3) is 11.0 Å². The number of benzene rings is 2. The number of nitrogens with one attached hydrogen (secondary N) is 1. The largest absolute Gasteiger partial charge is 0.492 e. The summed E-state index contributed by atoms with van der Waals surface area (Å²) in [4.78, 5) is 12.1. The van der Waals surface area contributed by atoms with Gasteiger partial charge in [0.2, 0.25) is 0 Å². The van der Waals surface area contributed by atoms with E-state index in [1.807, 2.05) is 43.3 Å². The molecule has 0 unspecified atom stereocenters. The van der Waals surface area contributed by atoms with E-state index in [2.05, 4.69) is 42.4 Å². The highest BCUT2D eigenvalue weighted by Crippen LogP contribution is 2.34. The maximum atomic E-state index is 12.1. The second kappa shape index (κ2) is 7.84. The van der Waals surface area contributed by atoms with Crippen LogP contribution in [0.2, 0.25) is 0 Å². The first-order chi connectivity index (χ1) is 12.1. The van der Waals surface area contributed by atoms with E-state index in [0.29, 0.717) is 12.2 Å². The van der Waals surface area contributed by atoms with E-state index in [9.17, 15) is 4.79 Å². The Bertz CT molecular complexity index is 894.